The van der Waals surface area contributed by atoms with Gasteiger partial charge in [-0.2, -0.15) is 10.4 Å². The van der Waals surface area contributed by atoms with E-state index in [-0.39, 0.29) is 0 Å². The van der Waals surface area contributed by atoms with E-state index in [2.05, 4.69) is 18.1 Å². The number of aromatic nitrogens is 2. The second-order valence-electron chi connectivity index (χ2n) is 5.15. The van der Waals surface area contributed by atoms with Crippen molar-refractivity contribution in [1.82, 2.24) is 9.78 Å². The molecule has 2 aromatic carbocycles. The lowest BCUT2D eigenvalue weighted by atomic mass is 10.1. The number of rotatable bonds is 5. The van der Waals surface area contributed by atoms with Crippen LogP contribution in [0.5, 0.6) is 5.75 Å². The summed E-state index contributed by atoms with van der Waals surface area (Å²) in [4.78, 5) is 0. The molecule has 0 amide bonds. The van der Waals surface area contributed by atoms with Crippen molar-refractivity contribution in [1.29, 1.82) is 5.26 Å². The number of hydrogen-bond acceptors (Lipinski definition) is 3. The maximum Gasteiger partial charge on any atom is 0.163 e. The number of benzene rings is 2. The topological polar surface area (TPSA) is 50.8 Å². The smallest absolute Gasteiger partial charge is 0.163 e. The Morgan fingerprint density at radius 1 is 1.09 bits per heavy atom. The Balaban J connectivity index is 1.99. The van der Waals surface area contributed by atoms with Crippen molar-refractivity contribution < 1.29 is 4.74 Å². The van der Waals surface area contributed by atoms with Gasteiger partial charge in [-0.3, -0.25) is 0 Å². The molecular weight excluding hydrogens is 286 g/mol. The van der Waals surface area contributed by atoms with Gasteiger partial charge >= 0.3 is 0 Å². The van der Waals surface area contributed by atoms with Crippen LogP contribution in [0.1, 0.15) is 19.0 Å². The van der Waals surface area contributed by atoms with Gasteiger partial charge in [-0.15, -0.1) is 0 Å². The summed E-state index contributed by atoms with van der Waals surface area (Å²) in [6, 6.07) is 21.6. The standard InChI is InChI=1S/C19H17N3O/c1-2-12-23-18-10-8-15(9-11-18)19-13-16(14-20)21-22(19)17-6-4-3-5-7-17/h3-11,13H,2,12H2,1H3. The first-order valence-corrected chi connectivity index (χ1v) is 7.60. The zero-order valence-electron chi connectivity index (χ0n) is 12.9. The van der Waals surface area contributed by atoms with Crippen LogP contribution in [-0.4, -0.2) is 16.4 Å². The maximum atomic E-state index is 9.16. The van der Waals surface area contributed by atoms with E-state index in [9.17, 15) is 0 Å². The van der Waals surface area contributed by atoms with E-state index in [1.165, 1.54) is 0 Å². The number of nitriles is 1. The van der Waals surface area contributed by atoms with Gasteiger partial charge in [0.1, 0.15) is 11.8 Å². The van der Waals surface area contributed by atoms with Crippen LogP contribution in [0.25, 0.3) is 16.9 Å². The summed E-state index contributed by atoms with van der Waals surface area (Å²) >= 11 is 0. The van der Waals surface area contributed by atoms with Crippen molar-refractivity contribution in [2.75, 3.05) is 6.61 Å². The molecule has 4 nitrogen and oxygen atoms in total. The Kier molecular flexibility index (Phi) is 4.39. The molecule has 0 aliphatic carbocycles. The molecule has 0 unspecified atom stereocenters. The van der Waals surface area contributed by atoms with Crippen molar-refractivity contribution in [3.05, 3.63) is 66.4 Å². The van der Waals surface area contributed by atoms with Crippen molar-refractivity contribution in [2.24, 2.45) is 0 Å². The molecule has 1 heterocycles. The van der Waals surface area contributed by atoms with Crippen LogP contribution in [0.3, 0.4) is 0 Å². The predicted molar refractivity (Wildman–Crippen MR) is 89.5 cm³/mol. The second kappa shape index (κ2) is 6.80. The fraction of sp³-hybridized carbons (Fsp3) is 0.158. The van der Waals surface area contributed by atoms with E-state index >= 15 is 0 Å². The molecule has 0 N–H and O–H groups in total. The molecule has 0 bridgehead atoms. The molecule has 0 aliphatic rings. The summed E-state index contributed by atoms with van der Waals surface area (Å²) in [6.45, 7) is 2.79. The van der Waals surface area contributed by atoms with E-state index in [4.69, 9.17) is 10.00 Å². The molecule has 0 aliphatic heterocycles. The first kappa shape index (κ1) is 14.9. The monoisotopic (exact) mass is 303 g/mol. The Hall–Kier alpha value is -3.06. The van der Waals surface area contributed by atoms with Crippen LogP contribution in [-0.2, 0) is 0 Å². The molecule has 114 valence electrons. The van der Waals surface area contributed by atoms with Gasteiger partial charge in [-0.05, 0) is 42.8 Å². The van der Waals surface area contributed by atoms with E-state index < -0.39 is 0 Å². The van der Waals surface area contributed by atoms with Crippen molar-refractivity contribution >= 4 is 0 Å². The normalized spacial score (nSPS) is 10.3. The minimum atomic E-state index is 0.398. The first-order chi connectivity index (χ1) is 11.3. The van der Waals surface area contributed by atoms with Crippen molar-refractivity contribution in [3.63, 3.8) is 0 Å². The Morgan fingerprint density at radius 3 is 2.48 bits per heavy atom. The van der Waals surface area contributed by atoms with Gasteiger partial charge in [-0.1, -0.05) is 25.1 Å². The highest BCUT2D eigenvalue weighted by Gasteiger charge is 2.11. The largest absolute Gasteiger partial charge is 0.494 e. The first-order valence-electron chi connectivity index (χ1n) is 7.60. The lowest BCUT2D eigenvalue weighted by Gasteiger charge is -2.09. The van der Waals surface area contributed by atoms with Gasteiger partial charge in [0.05, 0.1) is 18.0 Å². The minimum absolute atomic E-state index is 0.398. The molecule has 4 heteroatoms. The Labute approximate surface area is 135 Å². The van der Waals surface area contributed by atoms with Gasteiger partial charge in [0.25, 0.3) is 0 Å². The SMILES string of the molecule is CCCOc1ccc(-c2cc(C#N)nn2-c2ccccc2)cc1. The van der Waals surface area contributed by atoms with Gasteiger partial charge in [0.15, 0.2) is 5.69 Å². The van der Waals surface area contributed by atoms with E-state index in [1.807, 2.05) is 54.6 Å². The highest BCUT2D eigenvalue weighted by Crippen LogP contribution is 2.26. The quantitative estimate of drug-likeness (QED) is 0.709. The second-order valence-corrected chi connectivity index (χ2v) is 5.15. The van der Waals surface area contributed by atoms with Gasteiger partial charge in [0, 0.05) is 11.6 Å². The predicted octanol–water partition coefficient (Wildman–Crippen LogP) is 4.20. The summed E-state index contributed by atoms with van der Waals surface area (Å²) in [5.74, 6) is 0.849. The third kappa shape index (κ3) is 3.24. The lowest BCUT2D eigenvalue weighted by Crippen LogP contribution is -1.99. The highest BCUT2D eigenvalue weighted by molar-refractivity contribution is 5.64. The molecule has 0 atom stereocenters. The fourth-order valence-electron chi connectivity index (χ4n) is 2.35. The third-order valence-corrected chi connectivity index (χ3v) is 3.45. The van der Waals surface area contributed by atoms with E-state index in [0.29, 0.717) is 12.3 Å². The lowest BCUT2D eigenvalue weighted by molar-refractivity contribution is 0.317. The van der Waals surface area contributed by atoms with Crippen molar-refractivity contribution in [2.45, 2.75) is 13.3 Å². The fourth-order valence-corrected chi connectivity index (χ4v) is 2.35. The number of para-hydroxylation sites is 1. The summed E-state index contributed by atoms with van der Waals surface area (Å²) < 4.78 is 7.40. The summed E-state index contributed by atoms with van der Waals surface area (Å²) in [5.41, 5.74) is 3.20. The van der Waals surface area contributed by atoms with Crippen LogP contribution < -0.4 is 4.74 Å². The van der Waals surface area contributed by atoms with Crippen LogP contribution in [0, 0.1) is 11.3 Å². The summed E-state index contributed by atoms with van der Waals surface area (Å²) in [5, 5.41) is 13.5. The average Bonchev–Trinajstić information content (AvgIpc) is 3.05. The molecule has 0 saturated heterocycles. The molecule has 23 heavy (non-hydrogen) atoms. The van der Waals surface area contributed by atoms with Crippen LogP contribution in [0.4, 0.5) is 0 Å². The molecule has 3 aromatic rings. The van der Waals surface area contributed by atoms with Crippen LogP contribution >= 0.6 is 0 Å². The van der Waals surface area contributed by atoms with Gasteiger partial charge < -0.3 is 4.74 Å². The number of nitrogens with zero attached hydrogens (tertiary/aromatic N) is 3. The zero-order valence-corrected chi connectivity index (χ0v) is 12.9. The average molecular weight is 303 g/mol. The minimum Gasteiger partial charge on any atom is -0.494 e. The molecule has 3 rings (SSSR count). The molecular formula is C19H17N3O. The van der Waals surface area contributed by atoms with Crippen LogP contribution in [0.2, 0.25) is 0 Å². The van der Waals surface area contributed by atoms with Gasteiger partial charge in [-0.25, -0.2) is 4.68 Å². The van der Waals surface area contributed by atoms with E-state index in [0.717, 1.165) is 29.1 Å². The third-order valence-electron chi connectivity index (χ3n) is 3.45. The Bertz CT molecular complexity index is 814. The molecule has 0 fully saturated rings. The summed E-state index contributed by atoms with van der Waals surface area (Å²) in [6.07, 6.45) is 0.980. The van der Waals surface area contributed by atoms with Crippen molar-refractivity contribution in [3.8, 4) is 28.8 Å². The van der Waals surface area contributed by atoms with E-state index in [1.54, 1.807) is 10.7 Å². The van der Waals surface area contributed by atoms with Gasteiger partial charge in [0.2, 0.25) is 0 Å². The summed E-state index contributed by atoms with van der Waals surface area (Å²) in [7, 11) is 0. The Morgan fingerprint density at radius 2 is 1.83 bits per heavy atom. The molecule has 0 spiro atoms. The van der Waals surface area contributed by atoms with Crippen LogP contribution in [0.15, 0.2) is 60.7 Å². The molecule has 0 radical (unpaired) electrons. The maximum absolute atomic E-state index is 9.16. The number of ether oxygens (including phenoxy) is 1. The highest BCUT2D eigenvalue weighted by atomic mass is 16.5. The number of hydrogen-bond donors (Lipinski definition) is 0. The molecule has 1 aromatic heterocycles. The molecule has 0 saturated carbocycles. The zero-order chi connectivity index (χ0) is 16.1.